The highest BCUT2D eigenvalue weighted by Gasteiger charge is 2.53. The van der Waals surface area contributed by atoms with Crippen LogP contribution in [0.4, 0.5) is 22.4 Å². The predicted molar refractivity (Wildman–Crippen MR) is 179 cm³/mol. The highest BCUT2D eigenvalue weighted by atomic mass is 35.5. The van der Waals surface area contributed by atoms with Crippen molar-refractivity contribution >= 4 is 29.6 Å². The van der Waals surface area contributed by atoms with Crippen molar-refractivity contribution in [3.8, 4) is 16.8 Å². The molecule has 0 spiro atoms. The molecule has 1 saturated carbocycles. The molecule has 1 fully saturated rings. The van der Waals surface area contributed by atoms with E-state index in [2.05, 4.69) is 15.2 Å². The number of halogens is 5. The average molecular weight is 730 g/mol. The van der Waals surface area contributed by atoms with Gasteiger partial charge >= 0.3 is 12.6 Å². The molecule has 0 bridgehead atoms. The molecular formula is C34H36ClF4N9O3. The Hall–Kier alpha value is -4.99. The number of carbonyl (C=O) groups is 2. The number of ether oxygens (including phenoxy) is 1. The van der Waals surface area contributed by atoms with Crippen molar-refractivity contribution in [1.82, 2.24) is 34.3 Å². The van der Waals surface area contributed by atoms with E-state index in [0.29, 0.717) is 50.5 Å². The van der Waals surface area contributed by atoms with E-state index >= 15 is 0 Å². The number of nitrogens with two attached hydrogens (primary N) is 1. The summed E-state index contributed by atoms with van der Waals surface area (Å²) in [5, 5.41) is 8.17. The maximum atomic E-state index is 14.9. The lowest BCUT2D eigenvalue weighted by molar-refractivity contribution is -0.135. The van der Waals surface area contributed by atoms with Crippen LogP contribution in [0.1, 0.15) is 63.8 Å². The van der Waals surface area contributed by atoms with Gasteiger partial charge < -0.3 is 10.5 Å². The van der Waals surface area contributed by atoms with Crippen molar-refractivity contribution in [3.63, 3.8) is 0 Å². The van der Waals surface area contributed by atoms with E-state index in [4.69, 9.17) is 27.1 Å². The number of amides is 2. The third-order valence-corrected chi connectivity index (χ3v) is 8.98. The molecule has 17 heteroatoms. The van der Waals surface area contributed by atoms with Crippen molar-refractivity contribution in [1.29, 1.82) is 0 Å². The number of alkyl halides is 4. The van der Waals surface area contributed by atoms with Gasteiger partial charge in [0, 0.05) is 17.8 Å². The first-order valence-corrected chi connectivity index (χ1v) is 16.5. The summed E-state index contributed by atoms with van der Waals surface area (Å²) in [7, 11) is 0. The molecule has 270 valence electrons. The Morgan fingerprint density at radius 3 is 2.41 bits per heavy atom. The number of hydrogen-bond donors (Lipinski definition) is 1. The van der Waals surface area contributed by atoms with E-state index in [1.165, 1.54) is 34.6 Å². The number of hydrogen-bond acceptors (Lipinski definition) is 8. The first kappa shape index (κ1) is 35.8. The van der Waals surface area contributed by atoms with Gasteiger partial charge in [0.25, 0.3) is 12.3 Å². The number of aliphatic imine (C=N–C) groups is 1. The monoisotopic (exact) mass is 729 g/mol. The second-order valence-electron chi connectivity index (χ2n) is 13.7. The van der Waals surface area contributed by atoms with Gasteiger partial charge in [-0.15, -0.1) is 0 Å². The summed E-state index contributed by atoms with van der Waals surface area (Å²) in [4.78, 5) is 39.2. The van der Waals surface area contributed by atoms with Crippen LogP contribution in [0.3, 0.4) is 0 Å². The van der Waals surface area contributed by atoms with Crippen LogP contribution in [-0.4, -0.2) is 77.9 Å². The molecule has 2 aromatic carbocycles. The Morgan fingerprint density at radius 1 is 1.10 bits per heavy atom. The fourth-order valence-corrected chi connectivity index (χ4v) is 6.52. The zero-order valence-corrected chi connectivity index (χ0v) is 28.7. The molecule has 51 heavy (non-hydrogen) atoms. The molecule has 0 saturated heterocycles. The Balaban J connectivity index is 1.39. The smallest absolute Gasteiger partial charge is 0.410 e. The Bertz CT molecular complexity index is 1910. The standard InChI is InChI=1S/C34H36ClF4N9O3/c1-33(2,3)17-34(23-7-4-20(5-8-23)22-13-42-46(14-22)30(38)39)29(49)48(31(40)44-34)27(16-51-32(50)45(15-28(36)37)24-9-10-24)21-6-11-25(35)26(12-21)47-19-41-18-43-47/h4-8,11-14,18-19,24,27-28,30H,9-10,15-17H2,1-3H3,(H2,40,44)/t27-,34-/m1/s1. The molecule has 0 unspecified atom stereocenters. The minimum absolute atomic E-state index is 0.156. The lowest BCUT2D eigenvalue weighted by Gasteiger charge is -2.35. The minimum Gasteiger partial charge on any atom is -0.447 e. The summed E-state index contributed by atoms with van der Waals surface area (Å²) in [5.74, 6) is -0.672. The second-order valence-corrected chi connectivity index (χ2v) is 14.1. The largest absolute Gasteiger partial charge is 0.447 e. The lowest BCUT2D eigenvalue weighted by Crippen LogP contribution is -2.48. The summed E-state index contributed by atoms with van der Waals surface area (Å²) < 4.78 is 60.8. The number of guanidine groups is 1. The van der Waals surface area contributed by atoms with Crippen LogP contribution in [-0.2, 0) is 15.1 Å². The molecule has 6 rings (SSSR count). The molecule has 4 aromatic rings. The topological polar surface area (TPSA) is 137 Å². The summed E-state index contributed by atoms with van der Waals surface area (Å²) in [6.07, 6.45) is 2.97. The predicted octanol–water partition coefficient (Wildman–Crippen LogP) is 6.58. The third-order valence-electron chi connectivity index (χ3n) is 8.66. The van der Waals surface area contributed by atoms with Crippen LogP contribution < -0.4 is 5.73 Å². The number of rotatable bonds is 12. The molecule has 2 aliphatic rings. The van der Waals surface area contributed by atoms with Crippen molar-refractivity contribution in [2.75, 3.05) is 13.2 Å². The highest BCUT2D eigenvalue weighted by molar-refractivity contribution is 6.32. The van der Waals surface area contributed by atoms with Crippen molar-refractivity contribution in [2.45, 2.75) is 70.6 Å². The molecule has 1 aliphatic carbocycles. The molecule has 12 nitrogen and oxygen atoms in total. The molecule has 2 aromatic heterocycles. The molecule has 1 aliphatic heterocycles. The Morgan fingerprint density at radius 2 is 1.82 bits per heavy atom. The highest BCUT2D eigenvalue weighted by Crippen LogP contribution is 2.45. The van der Waals surface area contributed by atoms with E-state index in [9.17, 15) is 27.2 Å². The molecule has 2 N–H and O–H groups in total. The van der Waals surface area contributed by atoms with Crippen LogP contribution in [0.25, 0.3) is 16.8 Å². The van der Waals surface area contributed by atoms with Crippen LogP contribution in [0.15, 0.2) is 72.5 Å². The van der Waals surface area contributed by atoms with Crippen LogP contribution >= 0.6 is 11.6 Å². The number of benzene rings is 2. The zero-order valence-electron chi connectivity index (χ0n) is 28.0. The van der Waals surface area contributed by atoms with Crippen molar-refractivity contribution in [2.24, 2.45) is 16.1 Å². The van der Waals surface area contributed by atoms with Crippen LogP contribution in [0.2, 0.25) is 5.02 Å². The minimum atomic E-state index is -2.80. The Labute approximate surface area is 295 Å². The third kappa shape index (κ3) is 7.55. The van der Waals surface area contributed by atoms with Gasteiger partial charge in [0.2, 0.25) is 0 Å². The molecule has 2 amide bonds. The maximum absolute atomic E-state index is 14.9. The first-order chi connectivity index (χ1) is 24.2. The van der Waals surface area contributed by atoms with Gasteiger partial charge in [0.1, 0.15) is 19.3 Å². The van der Waals surface area contributed by atoms with Crippen LogP contribution in [0.5, 0.6) is 0 Å². The quantitative estimate of drug-likeness (QED) is 0.163. The van der Waals surface area contributed by atoms with Crippen molar-refractivity contribution in [3.05, 3.63) is 83.7 Å². The number of nitrogens with zero attached hydrogens (tertiary/aromatic N) is 8. The van der Waals surface area contributed by atoms with Gasteiger partial charge in [-0.2, -0.15) is 19.0 Å². The fourth-order valence-electron chi connectivity index (χ4n) is 6.31. The van der Waals surface area contributed by atoms with E-state index in [1.807, 2.05) is 20.8 Å². The SMILES string of the molecule is CC(C)(C)C[C@]1(c2ccc(-c3cnn(C(F)F)c3)cc2)N=C(N)N([C@H](COC(=O)N(CC(F)F)C2CC2)c2ccc(Cl)c(-n3cncn3)c2)C1=O. The first-order valence-electron chi connectivity index (χ1n) is 16.1. The number of carbonyl (C=O) groups excluding carboxylic acids is 2. The summed E-state index contributed by atoms with van der Waals surface area (Å²) in [6.45, 7) is 1.80. The Kier molecular flexibility index (Phi) is 9.81. The van der Waals surface area contributed by atoms with E-state index < -0.39 is 55.1 Å². The lowest BCUT2D eigenvalue weighted by atomic mass is 9.75. The second kappa shape index (κ2) is 14.0. The molecule has 2 atom stereocenters. The molecular weight excluding hydrogens is 694 g/mol. The zero-order chi connectivity index (χ0) is 36.7. The van der Waals surface area contributed by atoms with E-state index in [0.717, 1.165) is 4.90 Å². The van der Waals surface area contributed by atoms with E-state index in [-0.39, 0.29) is 18.4 Å². The summed E-state index contributed by atoms with van der Waals surface area (Å²) in [5.41, 5.74) is 7.00. The van der Waals surface area contributed by atoms with Crippen LogP contribution in [0, 0.1) is 5.41 Å². The fraction of sp³-hybridized carbons (Fsp3) is 0.412. The molecule has 3 heterocycles. The van der Waals surface area contributed by atoms with Gasteiger partial charge in [0.15, 0.2) is 11.5 Å². The van der Waals surface area contributed by atoms with Gasteiger partial charge in [-0.25, -0.2) is 32.9 Å². The normalized spacial score (nSPS) is 18.4. The van der Waals surface area contributed by atoms with Gasteiger partial charge in [-0.1, -0.05) is 62.7 Å². The average Bonchev–Trinajstić information content (AvgIpc) is 3.43. The maximum Gasteiger partial charge on any atom is 0.410 e. The van der Waals surface area contributed by atoms with Gasteiger partial charge in [-0.3, -0.25) is 14.6 Å². The van der Waals surface area contributed by atoms with Gasteiger partial charge in [0.05, 0.1) is 29.5 Å². The van der Waals surface area contributed by atoms with Gasteiger partial charge in [-0.05, 0) is 53.5 Å². The van der Waals surface area contributed by atoms with Crippen molar-refractivity contribution < 1.29 is 31.9 Å². The van der Waals surface area contributed by atoms with E-state index in [1.54, 1.807) is 42.5 Å². The molecule has 0 radical (unpaired) electrons. The summed E-state index contributed by atoms with van der Waals surface area (Å²) in [6, 6.07) is 10.2. The number of aromatic nitrogens is 5. The summed E-state index contributed by atoms with van der Waals surface area (Å²) >= 11 is 6.52.